The van der Waals surface area contributed by atoms with E-state index in [4.69, 9.17) is 5.11 Å². The summed E-state index contributed by atoms with van der Waals surface area (Å²) in [6.07, 6.45) is 5.83. The average Bonchev–Trinajstić information content (AvgIpc) is 2.66. The molecule has 0 atom stereocenters. The maximum atomic E-state index is 11.0. The molecule has 0 aliphatic heterocycles. The molecule has 0 bridgehead atoms. The first-order valence-electron chi connectivity index (χ1n) is 9.53. The van der Waals surface area contributed by atoms with Gasteiger partial charge in [-0.2, -0.15) is 0 Å². The van der Waals surface area contributed by atoms with Crippen molar-refractivity contribution in [3.05, 3.63) is 76.4 Å². The summed E-state index contributed by atoms with van der Waals surface area (Å²) in [4.78, 5) is 11.0. The van der Waals surface area contributed by atoms with Gasteiger partial charge in [0.2, 0.25) is 0 Å². The van der Waals surface area contributed by atoms with Gasteiger partial charge in [-0.1, -0.05) is 63.2 Å². The summed E-state index contributed by atoms with van der Waals surface area (Å²) in [6.45, 7) is 9.09. The molecule has 0 heterocycles. The molecule has 146 valence electrons. The lowest BCUT2D eigenvalue weighted by Crippen LogP contribution is -2.34. The molecule has 1 aliphatic rings. The van der Waals surface area contributed by atoms with E-state index < -0.39 is 5.97 Å². The predicted octanol–water partition coefficient (Wildman–Crippen LogP) is 5.63. The average molecular weight is 377 g/mol. The number of hydrogen-bond acceptors (Lipinski definition) is 3. The second kappa shape index (κ2) is 7.27. The fourth-order valence-corrected chi connectivity index (χ4v) is 3.85. The van der Waals surface area contributed by atoms with Crippen LogP contribution in [0.4, 0.5) is 0 Å². The number of oxime groups is 1. The number of carboxylic acids is 1. The first kappa shape index (κ1) is 19.9. The summed E-state index contributed by atoms with van der Waals surface area (Å²) >= 11 is 0. The van der Waals surface area contributed by atoms with Crippen LogP contribution in [-0.4, -0.2) is 22.0 Å². The summed E-state index contributed by atoms with van der Waals surface area (Å²) in [7, 11) is 0. The largest absolute Gasteiger partial charge is 0.478 e. The monoisotopic (exact) mass is 377 g/mol. The van der Waals surface area contributed by atoms with Crippen molar-refractivity contribution in [1.29, 1.82) is 0 Å². The van der Waals surface area contributed by atoms with Gasteiger partial charge in [0.05, 0.1) is 5.56 Å². The van der Waals surface area contributed by atoms with Gasteiger partial charge < -0.3 is 10.3 Å². The van der Waals surface area contributed by atoms with Crippen LogP contribution in [0.1, 0.15) is 73.1 Å². The summed E-state index contributed by atoms with van der Waals surface area (Å²) in [5, 5.41) is 22.0. The van der Waals surface area contributed by atoms with E-state index in [0.29, 0.717) is 5.71 Å². The van der Waals surface area contributed by atoms with Crippen molar-refractivity contribution in [2.24, 2.45) is 5.16 Å². The van der Waals surface area contributed by atoms with E-state index >= 15 is 0 Å². The second-order valence-electron chi connectivity index (χ2n) is 8.77. The van der Waals surface area contributed by atoms with E-state index in [1.165, 1.54) is 11.1 Å². The van der Waals surface area contributed by atoms with Crippen molar-refractivity contribution >= 4 is 17.8 Å². The Morgan fingerprint density at radius 3 is 2.07 bits per heavy atom. The first-order chi connectivity index (χ1) is 13.1. The highest BCUT2D eigenvalue weighted by Gasteiger charge is 2.37. The maximum Gasteiger partial charge on any atom is 0.335 e. The standard InChI is InChI=1S/C24H27NO3/c1-23(2)13-14-24(3,4)20-15-18(10-11-19(20)23)21(25-28)12-7-16-5-8-17(9-6-16)22(26)27/h5-12,15,28H,13-14H2,1-4H3,(H,26,27)/b12-7+,25-21-. The van der Waals surface area contributed by atoms with Crippen molar-refractivity contribution < 1.29 is 15.1 Å². The minimum absolute atomic E-state index is 0.0812. The van der Waals surface area contributed by atoms with Crippen LogP contribution in [0, 0.1) is 0 Å². The van der Waals surface area contributed by atoms with Crippen molar-refractivity contribution in [2.75, 3.05) is 0 Å². The van der Waals surface area contributed by atoms with E-state index in [1.807, 2.05) is 12.1 Å². The Kier molecular flexibility index (Phi) is 5.16. The van der Waals surface area contributed by atoms with Crippen LogP contribution in [0.15, 0.2) is 53.7 Å². The molecule has 0 unspecified atom stereocenters. The molecular weight excluding hydrogens is 350 g/mol. The third-order valence-electron chi connectivity index (χ3n) is 5.85. The maximum absolute atomic E-state index is 11.0. The molecule has 1 aliphatic carbocycles. The van der Waals surface area contributed by atoms with Crippen LogP contribution in [-0.2, 0) is 10.8 Å². The van der Waals surface area contributed by atoms with Gasteiger partial charge in [0.1, 0.15) is 5.71 Å². The molecule has 2 aromatic carbocycles. The topological polar surface area (TPSA) is 69.9 Å². The molecule has 3 rings (SSSR count). The normalized spacial score (nSPS) is 18.1. The second-order valence-corrected chi connectivity index (χ2v) is 8.77. The van der Waals surface area contributed by atoms with Gasteiger partial charge in [-0.3, -0.25) is 0 Å². The molecule has 4 heteroatoms. The fourth-order valence-electron chi connectivity index (χ4n) is 3.85. The molecule has 0 amide bonds. The van der Waals surface area contributed by atoms with Crippen LogP contribution < -0.4 is 0 Å². The fraction of sp³-hybridized carbons (Fsp3) is 0.333. The van der Waals surface area contributed by atoms with Crippen LogP contribution in [0.5, 0.6) is 0 Å². The van der Waals surface area contributed by atoms with E-state index in [1.54, 1.807) is 30.3 Å². The molecule has 0 spiro atoms. The smallest absolute Gasteiger partial charge is 0.335 e. The number of nitrogens with zero attached hydrogens (tertiary/aromatic N) is 1. The van der Waals surface area contributed by atoms with E-state index in [0.717, 1.165) is 24.0 Å². The molecule has 0 saturated heterocycles. The zero-order valence-electron chi connectivity index (χ0n) is 16.9. The van der Waals surface area contributed by atoms with E-state index in [2.05, 4.69) is 45.0 Å². The predicted molar refractivity (Wildman–Crippen MR) is 112 cm³/mol. The van der Waals surface area contributed by atoms with Crippen LogP contribution in [0.3, 0.4) is 0 Å². The highest BCUT2D eigenvalue weighted by Crippen LogP contribution is 2.45. The molecule has 0 aromatic heterocycles. The molecule has 2 aromatic rings. The summed E-state index contributed by atoms with van der Waals surface area (Å²) in [6, 6.07) is 12.9. The lowest BCUT2D eigenvalue weighted by molar-refractivity contribution is 0.0697. The summed E-state index contributed by atoms with van der Waals surface area (Å²) < 4.78 is 0. The van der Waals surface area contributed by atoms with Gasteiger partial charge in [-0.25, -0.2) is 4.79 Å². The zero-order chi connectivity index (χ0) is 20.5. The Balaban J connectivity index is 1.92. The molecule has 2 N–H and O–H groups in total. The molecule has 4 nitrogen and oxygen atoms in total. The number of allylic oxidation sites excluding steroid dienone is 1. The molecule has 0 radical (unpaired) electrons. The lowest BCUT2D eigenvalue weighted by atomic mass is 9.63. The van der Waals surface area contributed by atoms with Crippen molar-refractivity contribution in [1.82, 2.24) is 0 Å². The Morgan fingerprint density at radius 2 is 1.50 bits per heavy atom. The van der Waals surface area contributed by atoms with Crippen LogP contribution in [0.2, 0.25) is 0 Å². The van der Waals surface area contributed by atoms with Gasteiger partial charge >= 0.3 is 5.97 Å². The Bertz CT molecular complexity index is 950. The number of benzene rings is 2. The van der Waals surface area contributed by atoms with Crippen molar-refractivity contribution in [3.8, 4) is 0 Å². The van der Waals surface area contributed by atoms with Crippen LogP contribution in [0.25, 0.3) is 6.08 Å². The Labute approximate surface area is 166 Å². The van der Waals surface area contributed by atoms with Gasteiger partial charge in [0, 0.05) is 5.56 Å². The van der Waals surface area contributed by atoms with E-state index in [9.17, 15) is 10.0 Å². The molecule has 28 heavy (non-hydrogen) atoms. The van der Waals surface area contributed by atoms with Gasteiger partial charge in [-0.15, -0.1) is 0 Å². The van der Waals surface area contributed by atoms with E-state index in [-0.39, 0.29) is 16.4 Å². The van der Waals surface area contributed by atoms with Gasteiger partial charge in [-0.05, 0) is 64.6 Å². The Hall–Kier alpha value is -2.88. The Morgan fingerprint density at radius 1 is 0.929 bits per heavy atom. The quantitative estimate of drug-likeness (QED) is 0.412. The SMILES string of the molecule is CC1(C)CCC(C)(C)c2cc(C(/C=C/c3ccc(C(=O)O)cc3)=N\O)ccc21. The first-order valence-corrected chi connectivity index (χ1v) is 9.53. The zero-order valence-corrected chi connectivity index (χ0v) is 16.9. The third kappa shape index (κ3) is 3.86. The number of hydrogen-bond donors (Lipinski definition) is 2. The van der Waals surface area contributed by atoms with Crippen molar-refractivity contribution in [3.63, 3.8) is 0 Å². The number of aromatic carboxylic acids is 1. The lowest BCUT2D eigenvalue weighted by Gasteiger charge is -2.42. The number of fused-ring (bicyclic) bond motifs is 1. The summed E-state index contributed by atoms with van der Waals surface area (Å²) in [5.74, 6) is -0.951. The molecule has 0 fully saturated rings. The minimum Gasteiger partial charge on any atom is -0.478 e. The van der Waals surface area contributed by atoms with Gasteiger partial charge in [0.25, 0.3) is 0 Å². The number of carboxylic acid groups (broad SMARTS) is 1. The van der Waals surface area contributed by atoms with Gasteiger partial charge in [0.15, 0.2) is 0 Å². The highest BCUT2D eigenvalue weighted by atomic mass is 16.4. The molecule has 0 saturated carbocycles. The molecular formula is C24H27NO3. The third-order valence-corrected chi connectivity index (χ3v) is 5.85. The van der Waals surface area contributed by atoms with Crippen molar-refractivity contribution in [2.45, 2.75) is 51.4 Å². The highest BCUT2D eigenvalue weighted by molar-refractivity contribution is 6.10. The minimum atomic E-state index is -0.951. The number of carbonyl (C=O) groups is 1. The van der Waals surface area contributed by atoms with Crippen LogP contribution >= 0.6 is 0 Å². The number of rotatable bonds is 4. The summed E-state index contributed by atoms with van der Waals surface area (Å²) in [5.41, 5.74) is 5.31.